The van der Waals surface area contributed by atoms with Crippen LogP contribution >= 0.6 is 27.3 Å². The highest BCUT2D eigenvalue weighted by molar-refractivity contribution is 9.11. The summed E-state index contributed by atoms with van der Waals surface area (Å²) >= 11 is 4.85. The van der Waals surface area contributed by atoms with Crippen molar-refractivity contribution in [2.24, 2.45) is 0 Å². The number of rotatable bonds is 4. The van der Waals surface area contributed by atoms with Gasteiger partial charge in [-0.3, -0.25) is 4.79 Å². The van der Waals surface area contributed by atoms with E-state index in [1.807, 2.05) is 42.8 Å². The molecule has 1 heterocycles. The minimum Gasteiger partial charge on any atom is -0.322 e. The topological polar surface area (TPSA) is 41.1 Å². The molecule has 0 aliphatic carbocycles. The van der Waals surface area contributed by atoms with Crippen LogP contribution in [0.3, 0.4) is 0 Å². The monoisotopic (exact) mass is 324 g/mol. The molecule has 0 saturated heterocycles. The third kappa shape index (κ3) is 3.19. The van der Waals surface area contributed by atoms with E-state index in [0.717, 1.165) is 21.6 Å². The molecule has 0 fully saturated rings. The van der Waals surface area contributed by atoms with Crippen molar-refractivity contribution in [3.8, 4) is 0 Å². The van der Waals surface area contributed by atoms with E-state index in [9.17, 15) is 4.79 Å². The molecule has 1 amide bonds. The van der Waals surface area contributed by atoms with E-state index >= 15 is 0 Å². The SMILES string of the molecule is CNCc1ccccc1NC(=O)c1csc(Br)c1. The van der Waals surface area contributed by atoms with Crippen LogP contribution in [0.15, 0.2) is 39.5 Å². The number of amides is 1. The molecule has 0 aliphatic rings. The summed E-state index contributed by atoms with van der Waals surface area (Å²) in [6, 6.07) is 9.60. The van der Waals surface area contributed by atoms with Crippen molar-refractivity contribution >= 4 is 38.9 Å². The van der Waals surface area contributed by atoms with Crippen LogP contribution in [-0.4, -0.2) is 13.0 Å². The Morgan fingerprint density at radius 1 is 1.39 bits per heavy atom. The molecule has 5 heteroatoms. The summed E-state index contributed by atoms with van der Waals surface area (Å²) in [6.07, 6.45) is 0. The van der Waals surface area contributed by atoms with Gasteiger partial charge in [0.2, 0.25) is 0 Å². The number of anilines is 1. The fourth-order valence-electron chi connectivity index (χ4n) is 1.61. The number of thiophene rings is 1. The van der Waals surface area contributed by atoms with Crippen molar-refractivity contribution in [1.82, 2.24) is 5.32 Å². The van der Waals surface area contributed by atoms with Crippen LogP contribution < -0.4 is 10.6 Å². The molecule has 0 aliphatic heterocycles. The fraction of sp³-hybridized carbons (Fsp3) is 0.154. The summed E-state index contributed by atoms with van der Waals surface area (Å²) in [5.41, 5.74) is 2.59. The van der Waals surface area contributed by atoms with Gasteiger partial charge in [0.1, 0.15) is 0 Å². The Balaban J connectivity index is 2.16. The summed E-state index contributed by atoms with van der Waals surface area (Å²) in [4.78, 5) is 12.0. The molecule has 0 unspecified atom stereocenters. The van der Waals surface area contributed by atoms with E-state index in [0.29, 0.717) is 5.56 Å². The van der Waals surface area contributed by atoms with Gasteiger partial charge in [0.05, 0.1) is 9.35 Å². The average molecular weight is 325 g/mol. The van der Waals surface area contributed by atoms with Crippen LogP contribution in [0.4, 0.5) is 5.69 Å². The molecule has 0 bridgehead atoms. The summed E-state index contributed by atoms with van der Waals surface area (Å²) in [5.74, 6) is -0.0829. The molecule has 94 valence electrons. The molecule has 3 nitrogen and oxygen atoms in total. The van der Waals surface area contributed by atoms with E-state index in [1.54, 1.807) is 0 Å². The van der Waals surface area contributed by atoms with Crippen molar-refractivity contribution < 1.29 is 4.79 Å². The Labute approximate surface area is 118 Å². The molecular formula is C13H13BrN2OS. The summed E-state index contributed by atoms with van der Waals surface area (Å²) < 4.78 is 0.955. The maximum absolute atomic E-state index is 12.0. The van der Waals surface area contributed by atoms with Gasteiger partial charge in [-0.2, -0.15) is 0 Å². The molecular weight excluding hydrogens is 312 g/mol. The highest BCUT2D eigenvalue weighted by atomic mass is 79.9. The van der Waals surface area contributed by atoms with Gasteiger partial charge in [0, 0.05) is 17.6 Å². The predicted octanol–water partition coefficient (Wildman–Crippen LogP) is 3.48. The lowest BCUT2D eigenvalue weighted by atomic mass is 10.1. The zero-order valence-electron chi connectivity index (χ0n) is 9.87. The predicted molar refractivity (Wildman–Crippen MR) is 79.2 cm³/mol. The Morgan fingerprint density at radius 2 is 2.17 bits per heavy atom. The Morgan fingerprint density at radius 3 is 2.83 bits per heavy atom. The molecule has 2 aromatic rings. The smallest absolute Gasteiger partial charge is 0.256 e. The van der Waals surface area contributed by atoms with Gasteiger partial charge in [-0.15, -0.1) is 11.3 Å². The van der Waals surface area contributed by atoms with E-state index in [1.165, 1.54) is 11.3 Å². The van der Waals surface area contributed by atoms with Crippen LogP contribution in [0.25, 0.3) is 0 Å². The Bertz CT molecular complexity index is 553. The third-order valence-corrected chi connectivity index (χ3v) is 3.97. The first-order valence-electron chi connectivity index (χ1n) is 5.48. The molecule has 0 radical (unpaired) electrons. The molecule has 1 aromatic heterocycles. The minimum atomic E-state index is -0.0829. The largest absolute Gasteiger partial charge is 0.322 e. The van der Waals surface area contributed by atoms with Crippen molar-refractivity contribution in [2.45, 2.75) is 6.54 Å². The summed E-state index contributed by atoms with van der Waals surface area (Å²) in [7, 11) is 1.88. The van der Waals surface area contributed by atoms with Crippen molar-refractivity contribution in [1.29, 1.82) is 0 Å². The number of halogens is 1. The quantitative estimate of drug-likeness (QED) is 0.904. The second-order valence-corrected chi connectivity index (χ2v) is 6.07. The van der Waals surface area contributed by atoms with Crippen LogP contribution in [0.5, 0.6) is 0 Å². The minimum absolute atomic E-state index is 0.0829. The van der Waals surface area contributed by atoms with Crippen molar-refractivity contribution in [3.63, 3.8) is 0 Å². The molecule has 0 spiro atoms. The third-order valence-electron chi connectivity index (χ3n) is 2.46. The molecule has 0 saturated carbocycles. The first-order chi connectivity index (χ1) is 8.70. The van der Waals surface area contributed by atoms with E-state index < -0.39 is 0 Å². The molecule has 18 heavy (non-hydrogen) atoms. The van der Waals surface area contributed by atoms with Gasteiger partial charge >= 0.3 is 0 Å². The highest BCUT2D eigenvalue weighted by Crippen LogP contribution is 2.22. The maximum atomic E-state index is 12.0. The number of benzene rings is 1. The number of hydrogen-bond acceptors (Lipinski definition) is 3. The van der Waals surface area contributed by atoms with E-state index in [4.69, 9.17) is 0 Å². The van der Waals surface area contributed by atoms with E-state index in [2.05, 4.69) is 26.6 Å². The zero-order chi connectivity index (χ0) is 13.0. The van der Waals surface area contributed by atoms with E-state index in [-0.39, 0.29) is 5.91 Å². The first-order valence-corrected chi connectivity index (χ1v) is 7.16. The summed E-state index contributed by atoms with van der Waals surface area (Å²) in [5, 5.41) is 7.85. The van der Waals surface area contributed by atoms with Crippen molar-refractivity contribution in [2.75, 3.05) is 12.4 Å². The number of carbonyl (C=O) groups excluding carboxylic acids is 1. The normalized spacial score (nSPS) is 10.3. The lowest BCUT2D eigenvalue weighted by Gasteiger charge is -2.09. The zero-order valence-corrected chi connectivity index (χ0v) is 12.3. The van der Waals surface area contributed by atoms with Crippen LogP contribution in [0.1, 0.15) is 15.9 Å². The average Bonchev–Trinajstić information content (AvgIpc) is 2.79. The first kappa shape index (κ1) is 13.3. The van der Waals surface area contributed by atoms with Gasteiger partial charge in [-0.1, -0.05) is 18.2 Å². The van der Waals surface area contributed by atoms with Gasteiger partial charge < -0.3 is 10.6 Å². The van der Waals surface area contributed by atoms with Gasteiger partial charge in [0.15, 0.2) is 0 Å². The molecule has 1 aromatic carbocycles. The second kappa shape index (κ2) is 6.13. The lowest BCUT2D eigenvalue weighted by molar-refractivity contribution is 0.102. The number of carbonyl (C=O) groups is 1. The second-order valence-electron chi connectivity index (χ2n) is 3.78. The standard InChI is InChI=1S/C13H13BrN2OS/c1-15-7-9-4-2-3-5-11(9)16-13(17)10-6-12(14)18-8-10/h2-6,8,15H,7H2,1H3,(H,16,17). The molecule has 0 atom stereocenters. The number of nitrogens with one attached hydrogen (secondary N) is 2. The maximum Gasteiger partial charge on any atom is 0.256 e. The Hall–Kier alpha value is -1.17. The lowest BCUT2D eigenvalue weighted by Crippen LogP contribution is -2.14. The Kier molecular flexibility index (Phi) is 4.52. The molecule has 2 rings (SSSR count). The van der Waals surface area contributed by atoms with Gasteiger partial charge in [-0.25, -0.2) is 0 Å². The van der Waals surface area contributed by atoms with Crippen LogP contribution in [0.2, 0.25) is 0 Å². The van der Waals surface area contributed by atoms with Gasteiger partial charge in [0.25, 0.3) is 5.91 Å². The molecule has 2 N–H and O–H groups in total. The van der Waals surface area contributed by atoms with Crippen LogP contribution in [-0.2, 0) is 6.54 Å². The van der Waals surface area contributed by atoms with Crippen molar-refractivity contribution in [3.05, 3.63) is 50.6 Å². The number of para-hydroxylation sites is 1. The summed E-state index contributed by atoms with van der Waals surface area (Å²) in [6.45, 7) is 0.726. The van der Waals surface area contributed by atoms with Gasteiger partial charge in [-0.05, 0) is 40.7 Å². The highest BCUT2D eigenvalue weighted by Gasteiger charge is 2.10. The van der Waals surface area contributed by atoms with Crippen LogP contribution in [0, 0.1) is 0 Å². The fourth-order valence-corrected chi connectivity index (χ4v) is 2.75. The number of hydrogen-bond donors (Lipinski definition) is 2.